The van der Waals surface area contributed by atoms with Crippen molar-refractivity contribution in [2.75, 3.05) is 29.9 Å². The molecule has 5 nitrogen and oxygen atoms in total. The number of carbonyl (C=O) groups is 1. The molecule has 1 saturated heterocycles. The van der Waals surface area contributed by atoms with Gasteiger partial charge in [0.1, 0.15) is 0 Å². The van der Waals surface area contributed by atoms with Crippen LogP contribution in [-0.2, 0) is 6.54 Å². The van der Waals surface area contributed by atoms with E-state index in [9.17, 15) is 18.0 Å². The van der Waals surface area contributed by atoms with Crippen molar-refractivity contribution in [3.63, 3.8) is 0 Å². The zero-order valence-electron chi connectivity index (χ0n) is 16.9. The fourth-order valence-electron chi connectivity index (χ4n) is 3.50. The lowest BCUT2D eigenvalue weighted by atomic mass is 9.96. The van der Waals surface area contributed by atoms with Gasteiger partial charge in [0.25, 0.3) is 0 Å². The van der Waals surface area contributed by atoms with Crippen LogP contribution in [0, 0.1) is 5.92 Å². The third kappa shape index (κ3) is 6.05. The first-order valence-electron chi connectivity index (χ1n) is 10.1. The number of hydrogen-bond donors (Lipinski definition) is 3. The first kappa shape index (κ1) is 21.8. The molecule has 3 N–H and O–H groups in total. The van der Waals surface area contributed by atoms with Gasteiger partial charge in [0, 0.05) is 43.2 Å². The molecule has 162 valence electrons. The van der Waals surface area contributed by atoms with E-state index in [2.05, 4.69) is 16.0 Å². The predicted molar refractivity (Wildman–Crippen MR) is 113 cm³/mol. The standard InChI is InChI=1S/C22H27F3N4O/c1-2-26-21(30)27-15-16-3-5-18(6-4-16)28-19-7-9-20(10-8-19)29-13-11-17(12-14-29)22(23,24)25/h3-10,17,28H,2,11-15H2,1H3,(H2,26,27,30). The van der Waals surface area contributed by atoms with Crippen LogP contribution in [0.2, 0.25) is 0 Å². The number of alkyl halides is 3. The minimum atomic E-state index is -4.09. The molecule has 0 aromatic heterocycles. The fourth-order valence-corrected chi connectivity index (χ4v) is 3.50. The van der Waals surface area contributed by atoms with Crippen molar-refractivity contribution in [2.45, 2.75) is 32.5 Å². The molecule has 2 aromatic rings. The summed E-state index contributed by atoms with van der Waals surface area (Å²) in [5.41, 5.74) is 3.74. The molecule has 1 aliphatic heterocycles. The van der Waals surface area contributed by atoms with E-state index in [1.165, 1.54) is 0 Å². The second-order valence-corrected chi connectivity index (χ2v) is 7.38. The molecule has 1 aliphatic rings. The number of urea groups is 1. The Bertz CT molecular complexity index is 814. The summed E-state index contributed by atoms with van der Waals surface area (Å²) in [5, 5.41) is 8.77. The molecule has 3 rings (SSSR count). The smallest absolute Gasteiger partial charge is 0.372 e. The maximum absolute atomic E-state index is 12.8. The number of halogens is 3. The van der Waals surface area contributed by atoms with E-state index >= 15 is 0 Å². The van der Waals surface area contributed by atoms with Crippen LogP contribution >= 0.6 is 0 Å². The van der Waals surface area contributed by atoms with Crippen molar-refractivity contribution >= 4 is 23.1 Å². The van der Waals surface area contributed by atoms with Gasteiger partial charge in [-0.3, -0.25) is 0 Å². The summed E-state index contributed by atoms with van der Waals surface area (Å²) in [7, 11) is 0. The van der Waals surface area contributed by atoms with Crippen molar-refractivity contribution < 1.29 is 18.0 Å². The molecule has 30 heavy (non-hydrogen) atoms. The highest BCUT2D eigenvalue weighted by molar-refractivity contribution is 5.73. The van der Waals surface area contributed by atoms with Crippen molar-refractivity contribution in [2.24, 2.45) is 5.92 Å². The Morgan fingerprint density at radius 3 is 2.07 bits per heavy atom. The lowest BCUT2D eigenvalue weighted by Gasteiger charge is -2.34. The van der Waals surface area contributed by atoms with E-state index in [1.807, 2.05) is 60.4 Å². The number of rotatable bonds is 6. The average Bonchev–Trinajstić information content (AvgIpc) is 2.73. The molecule has 0 saturated carbocycles. The van der Waals surface area contributed by atoms with Crippen LogP contribution in [0.1, 0.15) is 25.3 Å². The highest BCUT2D eigenvalue weighted by atomic mass is 19.4. The van der Waals surface area contributed by atoms with Crippen LogP contribution in [0.4, 0.5) is 35.0 Å². The Labute approximate surface area is 174 Å². The molecule has 0 atom stereocenters. The van der Waals surface area contributed by atoms with Crippen LogP contribution in [0.25, 0.3) is 0 Å². The molecule has 0 spiro atoms. The minimum Gasteiger partial charge on any atom is -0.372 e. The Morgan fingerprint density at radius 1 is 0.967 bits per heavy atom. The van der Waals surface area contributed by atoms with E-state index in [0.717, 1.165) is 22.6 Å². The van der Waals surface area contributed by atoms with Crippen molar-refractivity contribution in [3.8, 4) is 0 Å². The Balaban J connectivity index is 1.50. The van der Waals surface area contributed by atoms with Gasteiger partial charge in [0.2, 0.25) is 0 Å². The van der Waals surface area contributed by atoms with Gasteiger partial charge in [0.15, 0.2) is 0 Å². The van der Waals surface area contributed by atoms with Gasteiger partial charge in [-0.2, -0.15) is 13.2 Å². The van der Waals surface area contributed by atoms with Gasteiger partial charge in [0.05, 0.1) is 5.92 Å². The van der Waals surface area contributed by atoms with E-state index in [-0.39, 0.29) is 18.9 Å². The van der Waals surface area contributed by atoms with E-state index in [4.69, 9.17) is 0 Å². The molecule has 0 aliphatic carbocycles. The molecule has 0 unspecified atom stereocenters. The van der Waals surface area contributed by atoms with Gasteiger partial charge in [-0.25, -0.2) is 4.79 Å². The zero-order chi connectivity index (χ0) is 21.6. The third-order valence-corrected chi connectivity index (χ3v) is 5.22. The van der Waals surface area contributed by atoms with Crippen LogP contribution in [-0.4, -0.2) is 31.8 Å². The summed E-state index contributed by atoms with van der Waals surface area (Å²) >= 11 is 0. The summed E-state index contributed by atoms with van der Waals surface area (Å²) in [5.74, 6) is -1.19. The summed E-state index contributed by atoms with van der Waals surface area (Å²) in [6.07, 6.45) is -3.80. The highest BCUT2D eigenvalue weighted by Gasteiger charge is 2.41. The highest BCUT2D eigenvalue weighted by Crippen LogP contribution is 2.35. The Hall–Kier alpha value is -2.90. The first-order valence-corrected chi connectivity index (χ1v) is 10.1. The summed E-state index contributed by atoms with van der Waals surface area (Å²) in [6, 6.07) is 15.3. The van der Waals surface area contributed by atoms with E-state index in [0.29, 0.717) is 26.2 Å². The van der Waals surface area contributed by atoms with Gasteiger partial charge in [-0.05, 0) is 61.7 Å². The Morgan fingerprint density at radius 2 is 1.53 bits per heavy atom. The molecule has 8 heteroatoms. The van der Waals surface area contributed by atoms with Crippen LogP contribution in [0.15, 0.2) is 48.5 Å². The van der Waals surface area contributed by atoms with Crippen LogP contribution in [0.5, 0.6) is 0 Å². The van der Waals surface area contributed by atoms with Gasteiger partial charge >= 0.3 is 12.2 Å². The summed E-state index contributed by atoms with van der Waals surface area (Å²) in [6.45, 7) is 3.74. The largest absolute Gasteiger partial charge is 0.391 e. The van der Waals surface area contributed by atoms with Gasteiger partial charge < -0.3 is 20.9 Å². The lowest BCUT2D eigenvalue weighted by molar-refractivity contribution is -0.179. The van der Waals surface area contributed by atoms with E-state index in [1.54, 1.807) is 0 Å². The second-order valence-electron chi connectivity index (χ2n) is 7.38. The number of benzene rings is 2. The molecule has 0 radical (unpaired) electrons. The van der Waals surface area contributed by atoms with E-state index < -0.39 is 12.1 Å². The number of anilines is 3. The number of hydrogen-bond acceptors (Lipinski definition) is 3. The third-order valence-electron chi connectivity index (χ3n) is 5.22. The topological polar surface area (TPSA) is 56.4 Å². The average molecular weight is 420 g/mol. The maximum atomic E-state index is 12.8. The van der Waals surface area contributed by atoms with Gasteiger partial charge in [-0.1, -0.05) is 12.1 Å². The summed E-state index contributed by atoms with van der Waals surface area (Å²) in [4.78, 5) is 13.4. The zero-order valence-corrected chi connectivity index (χ0v) is 16.9. The van der Waals surface area contributed by atoms with Crippen LogP contribution in [0.3, 0.4) is 0 Å². The quantitative estimate of drug-likeness (QED) is 0.615. The first-order chi connectivity index (χ1) is 14.3. The lowest BCUT2D eigenvalue weighted by Crippen LogP contribution is -2.38. The SMILES string of the molecule is CCNC(=O)NCc1ccc(Nc2ccc(N3CCC(C(F)(F)F)CC3)cc2)cc1. The molecule has 1 heterocycles. The predicted octanol–water partition coefficient (Wildman–Crippen LogP) is 5.03. The number of piperidine rings is 1. The molecular weight excluding hydrogens is 393 g/mol. The molecule has 0 bridgehead atoms. The number of nitrogens with zero attached hydrogens (tertiary/aromatic N) is 1. The van der Waals surface area contributed by atoms with Crippen molar-refractivity contribution in [1.82, 2.24) is 10.6 Å². The normalized spacial score (nSPS) is 15.0. The molecule has 1 fully saturated rings. The number of carbonyl (C=O) groups excluding carboxylic acids is 1. The Kier molecular flexibility index (Phi) is 7.07. The molecule has 2 aromatic carbocycles. The van der Waals surface area contributed by atoms with Crippen molar-refractivity contribution in [3.05, 3.63) is 54.1 Å². The molecular formula is C22H27F3N4O. The monoisotopic (exact) mass is 420 g/mol. The van der Waals surface area contributed by atoms with Gasteiger partial charge in [-0.15, -0.1) is 0 Å². The number of amides is 2. The fraction of sp³-hybridized carbons (Fsp3) is 0.409. The van der Waals surface area contributed by atoms with Crippen molar-refractivity contribution in [1.29, 1.82) is 0 Å². The second kappa shape index (κ2) is 9.73. The van der Waals surface area contributed by atoms with Crippen LogP contribution < -0.4 is 20.9 Å². The summed E-state index contributed by atoms with van der Waals surface area (Å²) < 4.78 is 38.5. The minimum absolute atomic E-state index is 0.144. The number of nitrogens with one attached hydrogen (secondary N) is 3. The molecule has 2 amide bonds. The maximum Gasteiger partial charge on any atom is 0.391 e.